The Morgan fingerprint density at radius 2 is 1.67 bits per heavy atom. The summed E-state index contributed by atoms with van der Waals surface area (Å²) >= 11 is 1.45. The molecular weight excluding hydrogens is 894 g/mol. The Hall–Kier alpha value is -3.81. The average molecular weight is 952 g/mol. The number of aliphatic hydroxyl groups is 1. The summed E-state index contributed by atoms with van der Waals surface area (Å²) in [6, 6.07) is 18.5. The van der Waals surface area contributed by atoms with Crippen molar-refractivity contribution >= 4 is 49.9 Å². The molecule has 3 aromatic carbocycles. The molecule has 0 radical (unpaired) electrons. The molecule has 0 saturated carbocycles. The average Bonchev–Trinajstić information content (AvgIpc) is 3.24. The van der Waals surface area contributed by atoms with Crippen molar-refractivity contribution in [3.8, 4) is 0 Å². The fraction of sp³-hybridized carbons (Fsp3) is 0.500. The number of likely N-dealkylation sites (tertiary alicyclic amines) is 1. The largest absolute Gasteiger partial charge is 0.501 e. The molecule has 10 nitrogen and oxygen atoms in total. The first-order valence-corrected chi connectivity index (χ1v) is 25.1. The lowest BCUT2D eigenvalue weighted by molar-refractivity contribution is -0.0435. The third-order valence-corrected chi connectivity index (χ3v) is 15.9. The van der Waals surface area contributed by atoms with E-state index in [4.69, 9.17) is 0 Å². The Morgan fingerprint density at radius 1 is 1.00 bits per heavy atom. The van der Waals surface area contributed by atoms with Crippen molar-refractivity contribution in [2.75, 3.05) is 68.3 Å². The highest BCUT2D eigenvalue weighted by Crippen LogP contribution is 2.43. The second kappa shape index (κ2) is 21.2. The SMILES string of the molecule is C=C(CC(C)C(F)F)C1=C(CN2CCN(c3ccc(C(=O)NS(=O)c4ccc(NC(CCN5CC(O)C5)CSc5ccccc5)c(S(=O)(=O)C(F)(F)F)c4)cc3)CC2)CCC(C)(C)C1. The highest BCUT2D eigenvalue weighted by atomic mass is 32.2. The highest BCUT2D eigenvalue weighted by Gasteiger charge is 2.48. The van der Waals surface area contributed by atoms with E-state index in [0.717, 1.165) is 66.7 Å². The second-order valence-corrected chi connectivity index (χ2v) is 22.0. The third-order valence-electron chi connectivity index (χ3n) is 12.1. The molecule has 1 amide bonds. The van der Waals surface area contributed by atoms with Crippen molar-refractivity contribution in [2.45, 2.75) is 91.6 Å². The van der Waals surface area contributed by atoms with Crippen LogP contribution in [0.25, 0.3) is 0 Å². The number of carbonyl (C=O) groups is 1. The number of piperazine rings is 1. The lowest BCUT2D eigenvalue weighted by atomic mass is 9.71. The Morgan fingerprint density at radius 3 is 2.30 bits per heavy atom. The Bertz CT molecular complexity index is 2260. The number of hydrogen-bond donors (Lipinski definition) is 3. The van der Waals surface area contributed by atoms with Crippen LogP contribution in [-0.2, 0) is 20.8 Å². The van der Waals surface area contributed by atoms with Crippen LogP contribution in [0.5, 0.6) is 0 Å². The van der Waals surface area contributed by atoms with Crippen LogP contribution in [-0.4, -0.2) is 116 Å². The highest BCUT2D eigenvalue weighted by molar-refractivity contribution is 7.99. The maximum absolute atomic E-state index is 14.1. The van der Waals surface area contributed by atoms with Crippen LogP contribution >= 0.6 is 11.8 Å². The minimum absolute atomic E-state index is 0.0762. The number of alkyl halides is 5. The van der Waals surface area contributed by atoms with Crippen LogP contribution in [0.1, 0.15) is 63.2 Å². The molecule has 3 aromatic rings. The van der Waals surface area contributed by atoms with Gasteiger partial charge in [0.1, 0.15) is 4.90 Å². The number of carbonyl (C=O) groups excluding carboxylic acids is 1. The van der Waals surface area contributed by atoms with Gasteiger partial charge in [0.25, 0.3) is 15.7 Å². The van der Waals surface area contributed by atoms with Crippen LogP contribution in [0.3, 0.4) is 0 Å². The van der Waals surface area contributed by atoms with Crippen LogP contribution in [0.15, 0.2) is 111 Å². The van der Waals surface area contributed by atoms with Crippen molar-refractivity contribution in [3.05, 3.63) is 102 Å². The van der Waals surface area contributed by atoms with Gasteiger partial charge in [0, 0.05) is 86.2 Å². The summed E-state index contributed by atoms with van der Waals surface area (Å²) in [7, 11) is -8.35. The third kappa shape index (κ3) is 13.0. The smallest absolute Gasteiger partial charge is 0.390 e. The number of aliphatic hydroxyl groups excluding tert-OH is 1. The van der Waals surface area contributed by atoms with Gasteiger partial charge in [-0.1, -0.05) is 56.7 Å². The van der Waals surface area contributed by atoms with E-state index in [1.165, 1.54) is 23.4 Å². The zero-order chi connectivity index (χ0) is 46.4. The lowest BCUT2D eigenvalue weighted by Crippen LogP contribution is -2.51. The summed E-state index contributed by atoms with van der Waals surface area (Å²) in [5.41, 5.74) is -1.68. The number of β-amino-alcohol motifs (C(OH)–C–C–N with tert-alkyl or cyclic N) is 1. The van der Waals surface area contributed by atoms with Gasteiger partial charge in [-0.2, -0.15) is 13.2 Å². The number of sulfone groups is 1. The Labute approximate surface area is 380 Å². The fourth-order valence-electron chi connectivity index (χ4n) is 8.22. The van der Waals surface area contributed by atoms with Crippen molar-refractivity contribution < 1.29 is 44.5 Å². The van der Waals surface area contributed by atoms with Gasteiger partial charge in [-0.15, -0.1) is 11.8 Å². The Kier molecular flexibility index (Phi) is 16.5. The van der Waals surface area contributed by atoms with Gasteiger partial charge in [0.05, 0.1) is 16.7 Å². The van der Waals surface area contributed by atoms with Gasteiger partial charge < -0.3 is 15.3 Å². The molecule has 3 N–H and O–H groups in total. The van der Waals surface area contributed by atoms with Crippen molar-refractivity contribution in [1.82, 2.24) is 14.5 Å². The van der Waals surface area contributed by atoms with E-state index in [9.17, 15) is 44.5 Å². The number of halogens is 5. The van der Waals surface area contributed by atoms with Crippen molar-refractivity contribution in [1.29, 1.82) is 0 Å². The number of rotatable bonds is 19. The molecule has 2 saturated heterocycles. The molecule has 3 aliphatic rings. The summed E-state index contributed by atoms with van der Waals surface area (Å²) in [6.07, 6.45) is 0.598. The van der Waals surface area contributed by atoms with Gasteiger partial charge in [-0.3, -0.25) is 19.3 Å². The van der Waals surface area contributed by atoms with Crippen LogP contribution in [0, 0.1) is 11.3 Å². The molecule has 2 heterocycles. The number of thioether (sulfide) groups is 1. The first-order chi connectivity index (χ1) is 30.2. The summed E-state index contributed by atoms with van der Waals surface area (Å²) in [5, 5.41) is 12.7. The normalized spacial score (nSPS) is 19.2. The number of anilines is 2. The molecule has 18 heteroatoms. The van der Waals surface area contributed by atoms with E-state index in [2.05, 4.69) is 40.3 Å². The molecule has 64 heavy (non-hydrogen) atoms. The van der Waals surface area contributed by atoms with Crippen LogP contribution in [0.2, 0.25) is 0 Å². The van der Waals surface area contributed by atoms with Gasteiger partial charge in [0.2, 0.25) is 6.43 Å². The zero-order valence-corrected chi connectivity index (χ0v) is 38.8. The summed E-state index contributed by atoms with van der Waals surface area (Å²) in [4.78, 5) is 19.3. The summed E-state index contributed by atoms with van der Waals surface area (Å²) in [6.45, 7) is 15.3. The monoisotopic (exact) mass is 951 g/mol. The van der Waals surface area contributed by atoms with Crippen LogP contribution < -0.4 is 14.9 Å². The Balaban J connectivity index is 1.09. The number of benzene rings is 3. The standard InChI is InChI=1S/C46H58F5N5O5S3/c1-31(24-32(2)43(47)48)40-26-45(3,4)18-16-34(40)27-54-20-22-56(23-21-54)36-12-10-33(11-13-36)44(58)53-63(59)39-14-15-41(42(25-39)64(60,61)46(49,50)51)52-35(17-19-55-28-37(57)29-55)30-62-38-8-6-5-7-9-38/h5-15,25,32,35,37,43,52,57H,1,16-24,26-30H2,2-4H3,(H,53,58). The van der Waals surface area contributed by atoms with Crippen molar-refractivity contribution in [2.24, 2.45) is 11.3 Å². The molecule has 0 spiro atoms. The lowest BCUT2D eigenvalue weighted by Gasteiger charge is -2.39. The minimum Gasteiger partial charge on any atom is -0.390 e. The predicted octanol–water partition coefficient (Wildman–Crippen LogP) is 8.55. The van der Waals surface area contributed by atoms with Gasteiger partial charge in [-0.05, 0) is 97.7 Å². The van der Waals surface area contributed by atoms with Gasteiger partial charge in [-0.25, -0.2) is 21.4 Å². The summed E-state index contributed by atoms with van der Waals surface area (Å²) < 4.78 is 111. The number of allylic oxidation sites excluding steroid dienone is 2. The van der Waals surface area contributed by atoms with Gasteiger partial charge in [0.15, 0.2) is 11.0 Å². The van der Waals surface area contributed by atoms with Crippen molar-refractivity contribution in [3.63, 3.8) is 0 Å². The number of amides is 1. The molecular formula is C46H58F5N5O5S3. The topological polar surface area (TPSA) is 122 Å². The second-order valence-electron chi connectivity index (χ2n) is 17.8. The maximum atomic E-state index is 14.1. The van der Waals surface area contributed by atoms with E-state index in [-0.39, 0.29) is 28.0 Å². The first-order valence-electron chi connectivity index (χ1n) is 21.5. The molecule has 6 rings (SSSR count). The van der Waals surface area contributed by atoms with Crippen LogP contribution in [0.4, 0.5) is 33.3 Å². The predicted molar refractivity (Wildman–Crippen MR) is 244 cm³/mol. The molecule has 3 unspecified atom stereocenters. The van der Waals surface area contributed by atoms with E-state index >= 15 is 0 Å². The molecule has 1 aliphatic carbocycles. The number of nitrogens with one attached hydrogen (secondary N) is 2. The number of nitrogens with zero attached hydrogens (tertiary/aromatic N) is 3. The molecule has 350 valence electrons. The van der Waals surface area contributed by atoms with E-state index in [0.29, 0.717) is 51.0 Å². The molecule has 0 aromatic heterocycles. The number of hydrogen-bond acceptors (Lipinski definition) is 10. The zero-order valence-electron chi connectivity index (χ0n) is 36.4. The quantitative estimate of drug-likeness (QED) is 0.0797. The molecule has 2 aliphatic heterocycles. The van der Waals surface area contributed by atoms with E-state index in [1.807, 2.05) is 35.2 Å². The van der Waals surface area contributed by atoms with Gasteiger partial charge >= 0.3 is 5.51 Å². The van der Waals surface area contributed by atoms with E-state index in [1.54, 1.807) is 31.2 Å². The first kappa shape index (κ1) is 49.6. The molecule has 3 atom stereocenters. The molecule has 2 fully saturated rings. The fourth-order valence-corrected chi connectivity index (χ4v) is 11.1. The minimum atomic E-state index is -5.93. The maximum Gasteiger partial charge on any atom is 0.501 e. The summed E-state index contributed by atoms with van der Waals surface area (Å²) in [5.74, 6) is -1.14. The van der Waals surface area contributed by atoms with E-state index < -0.39 is 61.6 Å². The molecule has 0 bridgehead atoms.